The number of aromatic nitrogens is 1. The molecule has 162 valence electrons. The SMILES string of the molecule is CCOc1ccc(Sc2cc(C(=O)N[C@@H]3CCC[C@@H](C)[C@H]3C)c3ccccc3n2)cc1. The molecule has 1 aliphatic carbocycles. The Morgan fingerprint density at radius 1 is 1.13 bits per heavy atom. The maximum absolute atomic E-state index is 13.3. The lowest BCUT2D eigenvalue weighted by Crippen LogP contribution is -2.43. The average molecular weight is 435 g/mol. The second-order valence-corrected chi connectivity index (χ2v) is 9.47. The molecule has 31 heavy (non-hydrogen) atoms. The predicted molar refractivity (Wildman–Crippen MR) is 127 cm³/mol. The highest BCUT2D eigenvalue weighted by Crippen LogP contribution is 2.32. The first kappa shape index (κ1) is 21.7. The number of ether oxygens (including phenoxy) is 1. The monoisotopic (exact) mass is 434 g/mol. The fourth-order valence-electron chi connectivity index (χ4n) is 4.31. The van der Waals surface area contributed by atoms with Crippen LogP contribution >= 0.6 is 11.8 Å². The van der Waals surface area contributed by atoms with Crippen LogP contribution in [-0.2, 0) is 0 Å². The molecule has 3 atom stereocenters. The van der Waals surface area contributed by atoms with Crippen molar-refractivity contribution in [2.45, 2.75) is 56.0 Å². The molecule has 4 rings (SSSR count). The summed E-state index contributed by atoms with van der Waals surface area (Å²) >= 11 is 1.56. The van der Waals surface area contributed by atoms with Gasteiger partial charge in [-0.1, -0.05) is 56.7 Å². The normalized spacial score (nSPS) is 21.1. The predicted octanol–water partition coefficient (Wildman–Crippen LogP) is 6.34. The van der Waals surface area contributed by atoms with Gasteiger partial charge in [0.05, 0.1) is 17.7 Å². The van der Waals surface area contributed by atoms with Crippen LogP contribution in [0.4, 0.5) is 0 Å². The maximum atomic E-state index is 13.3. The van der Waals surface area contributed by atoms with E-state index in [2.05, 4.69) is 19.2 Å². The molecular weight excluding hydrogens is 404 g/mol. The molecular formula is C26H30N2O2S. The summed E-state index contributed by atoms with van der Waals surface area (Å²) in [5, 5.41) is 5.04. The molecule has 0 saturated heterocycles. The zero-order valence-corrected chi connectivity index (χ0v) is 19.2. The molecule has 1 aromatic heterocycles. The van der Waals surface area contributed by atoms with Crippen LogP contribution in [0.3, 0.4) is 0 Å². The quantitative estimate of drug-likeness (QED) is 0.492. The summed E-state index contributed by atoms with van der Waals surface area (Å²) in [4.78, 5) is 19.2. The number of para-hydroxylation sites is 1. The lowest BCUT2D eigenvalue weighted by atomic mass is 9.78. The van der Waals surface area contributed by atoms with Crippen LogP contribution in [-0.4, -0.2) is 23.5 Å². The molecule has 1 aliphatic rings. The van der Waals surface area contributed by atoms with E-state index in [-0.39, 0.29) is 11.9 Å². The van der Waals surface area contributed by atoms with Crippen molar-refractivity contribution >= 4 is 28.6 Å². The Labute approximate surface area is 188 Å². The molecule has 1 saturated carbocycles. The number of hydrogen-bond donors (Lipinski definition) is 1. The van der Waals surface area contributed by atoms with Crippen LogP contribution in [0.5, 0.6) is 5.75 Å². The van der Waals surface area contributed by atoms with Crippen molar-refractivity contribution in [2.24, 2.45) is 11.8 Å². The van der Waals surface area contributed by atoms with Crippen LogP contribution in [0.15, 0.2) is 64.5 Å². The van der Waals surface area contributed by atoms with Crippen molar-refractivity contribution < 1.29 is 9.53 Å². The second kappa shape index (κ2) is 9.73. The van der Waals surface area contributed by atoms with E-state index < -0.39 is 0 Å². The highest BCUT2D eigenvalue weighted by atomic mass is 32.2. The van der Waals surface area contributed by atoms with Gasteiger partial charge in [0.1, 0.15) is 10.8 Å². The van der Waals surface area contributed by atoms with E-state index in [1.165, 1.54) is 12.8 Å². The number of hydrogen-bond acceptors (Lipinski definition) is 4. The first-order valence-electron chi connectivity index (χ1n) is 11.2. The van der Waals surface area contributed by atoms with Crippen molar-refractivity contribution in [3.05, 3.63) is 60.2 Å². The largest absolute Gasteiger partial charge is 0.494 e. The highest BCUT2D eigenvalue weighted by molar-refractivity contribution is 7.99. The maximum Gasteiger partial charge on any atom is 0.252 e. The number of rotatable bonds is 6. The molecule has 1 heterocycles. The van der Waals surface area contributed by atoms with Gasteiger partial charge < -0.3 is 10.1 Å². The standard InChI is InChI=1S/C26H30N2O2S/c1-4-30-19-12-14-20(15-13-19)31-25-16-22(21-9-5-6-10-24(21)27-25)26(29)28-23-11-7-8-17(2)18(23)3/h5-6,9-10,12-18,23H,4,7-8,11H2,1-3H3,(H,28,29)/t17-,18-,23-/m1/s1. The Kier molecular flexibility index (Phi) is 6.81. The molecule has 2 aromatic carbocycles. The smallest absolute Gasteiger partial charge is 0.252 e. The van der Waals surface area contributed by atoms with Gasteiger partial charge in [0, 0.05) is 16.3 Å². The van der Waals surface area contributed by atoms with Gasteiger partial charge in [-0.05, 0) is 61.6 Å². The molecule has 0 radical (unpaired) electrons. The van der Waals surface area contributed by atoms with Gasteiger partial charge >= 0.3 is 0 Å². The molecule has 0 aliphatic heterocycles. The minimum atomic E-state index is -0.00177. The minimum absolute atomic E-state index is 0.00177. The van der Waals surface area contributed by atoms with Gasteiger partial charge in [-0.2, -0.15) is 0 Å². The zero-order chi connectivity index (χ0) is 21.8. The number of fused-ring (bicyclic) bond motifs is 1. The number of carbonyl (C=O) groups excluding carboxylic acids is 1. The third-order valence-electron chi connectivity index (χ3n) is 6.32. The fourth-order valence-corrected chi connectivity index (χ4v) is 5.15. The number of pyridine rings is 1. The summed E-state index contributed by atoms with van der Waals surface area (Å²) < 4.78 is 5.53. The molecule has 3 aromatic rings. The average Bonchev–Trinajstić information content (AvgIpc) is 2.78. The van der Waals surface area contributed by atoms with Crippen molar-refractivity contribution in [1.29, 1.82) is 0 Å². The molecule has 1 N–H and O–H groups in total. The fraction of sp³-hybridized carbons (Fsp3) is 0.385. The summed E-state index contributed by atoms with van der Waals surface area (Å²) in [6.45, 7) is 7.17. The van der Waals surface area contributed by atoms with E-state index in [1.54, 1.807) is 11.8 Å². The molecule has 4 nitrogen and oxygen atoms in total. The van der Waals surface area contributed by atoms with Crippen molar-refractivity contribution in [3.63, 3.8) is 0 Å². The first-order valence-corrected chi connectivity index (χ1v) is 12.0. The molecule has 5 heteroatoms. The van der Waals surface area contributed by atoms with Gasteiger partial charge in [0.2, 0.25) is 0 Å². The van der Waals surface area contributed by atoms with Gasteiger partial charge in [-0.3, -0.25) is 4.79 Å². The third-order valence-corrected chi connectivity index (χ3v) is 7.24. The summed E-state index contributed by atoms with van der Waals surface area (Å²) in [7, 11) is 0. The van der Waals surface area contributed by atoms with Gasteiger partial charge in [0.25, 0.3) is 5.91 Å². The van der Waals surface area contributed by atoms with Crippen LogP contribution in [0.25, 0.3) is 10.9 Å². The summed E-state index contributed by atoms with van der Waals surface area (Å²) in [5.41, 5.74) is 1.54. The summed E-state index contributed by atoms with van der Waals surface area (Å²) in [6, 6.07) is 18.0. The van der Waals surface area contributed by atoms with Gasteiger partial charge in [-0.25, -0.2) is 4.98 Å². The van der Waals surface area contributed by atoms with E-state index in [1.807, 2.05) is 61.5 Å². The first-order chi connectivity index (χ1) is 15.0. The second-order valence-electron chi connectivity index (χ2n) is 8.38. The number of carbonyl (C=O) groups is 1. The van der Waals surface area contributed by atoms with Crippen molar-refractivity contribution in [3.8, 4) is 5.75 Å². The van der Waals surface area contributed by atoms with E-state index in [0.717, 1.165) is 33.0 Å². The number of nitrogens with one attached hydrogen (secondary N) is 1. The zero-order valence-electron chi connectivity index (χ0n) is 18.4. The lowest BCUT2D eigenvalue weighted by molar-refractivity contribution is 0.0892. The van der Waals surface area contributed by atoms with E-state index in [0.29, 0.717) is 24.0 Å². The van der Waals surface area contributed by atoms with Crippen LogP contribution in [0.1, 0.15) is 50.4 Å². The lowest BCUT2D eigenvalue weighted by Gasteiger charge is -2.34. The van der Waals surface area contributed by atoms with Crippen LogP contribution in [0.2, 0.25) is 0 Å². The third kappa shape index (κ3) is 5.04. The van der Waals surface area contributed by atoms with Crippen LogP contribution in [0, 0.1) is 11.8 Å². The van der Waals surface area contributed by atoms with E-state index in [9.17, 15) is 4.79 Å². The summed E-state index contributed by atoms with van der Waals surface area (Å²) in [6.07, 6.45) is 3.47. The Morgan fingerprint density at radius 2 is 1.90 bits per heavy atom. The number of benzene rings is 2. The number of nitrogens with zero attached hydrogens (tertiary/aromatic N) is 1. The van der Waals surface area contributed by atoms with Crippen molar-refractivity contribution in [1.82, 2.24) is 10.3 Å². The Balaban J connectivity index is 1.61. The van der Waals surface area contributed by atoms with Crippen molar-refractivity contribution in [2.75, 3.05) is 6.61 Å². The van der Waals surface area contributed by atoms with E-state index >= 15 is 0 Å². The number of amides is 1. The Hall–Kier alpha value is -2.53. The molecule has 1 fully saturated rings. The Morgan fingerprint density at radius 3 is 2.68 bits per heavy atom. The molecule has 0 bridgehead atoms. The van der Waals surface area contributed by atoms with Gasteiger partial charge in [0.15, 0.2) is 0 Å². The highest BCUT2D eigenvalue weighted by Gasteiger charge is 2.29. The Bertz CT molecular complexity index is 1050. The molecule has 1 amide bonds. The molecule has 0 unspecified atom stereocenters. The minimum Gasteiger partial charge on any atom is -0.494 e. The molecule has 0 spiro atoms. The topological polar surface area (TPSA) is 51.2 Å². The van der Waals surface area contributed by atoms with E-state index in [4.69, 9.17) is 9.72 Å². The summed E-state index contributed by atoms with van der Waals surface area (Å²) in [5.74, 6) is 1.98. The van der Waals surface area contributed by atoms with Gasteiger partial charge in [-0.15, -0.1) is 0 Å². The van der Waals surface area contributed by atoms with Crippen LogP contribution < -0.4 is 10.1 Å².